The first-order valence-corrected chi connectivity index (χ1v) is 7.78. The zero-order valence-corrected chi connectivity index (χ0v) is 13.9. The number of nitrogens with zero attached hydrogens (tertiary/aromatic N) is 1. The molecule has 1 aliphatic heterocycles. The molecule has 0 amide bonds. The van der Waals surface area contributed by atoms with Crippen LogP contribution < -0.4 is 5.32 Å². The molecule has 0 unspecified atom stereocenters. The molecule has 0 aromatic carbocycles. The number of rotatable bonds is 5. The number of carbonyl (C=O) groups excluding carboxylic acids is 1. The highest BCUT2D eigenvalue weighted by Crippen LogP contribution is 2.38. The molecule has 0 radical (unpaired) electrons. The van der Waals surface area contributed by atoms with Crippen molar-refractivity contribution in [3.05, 3.63) is 21.6 Å². The lowest BCUT2D eigenvalue weighted by Gasteiger charge is -2.32. The predicted octanol–water partition coefficient (Wildman–Crippen LogP) is 2.19. The van der Waals surface area contributed by atoms with Crippen molar-refractivity contribution in [3.63, 3.8) is 0 Å². The largest absolute Gasteiger partial charge is 0.491 e. The number of nitrogens with one attached hydrogen (secondary N) is 1. The zero-order chi connectivity index (χ0) is 15.7. The molecule has 0 saturated carbocycles. The molecular formula is C14H21BN2O3S. The molecule has 0 aliphatic carbocycles. The average Bonchev–Trinajstić information content (AvgIpc) is 2.92. The molecule has 114 valence electrons. The highest BCUT2D eigenvalue weighted by molar-refractivity contribution is 7.10. The Morgan fingerprint density at radius 3 is 2.48 bits per heavy atom. The van der Waals surface area contributed by atoms with Gasteiger partial charge in [0, 0.05) is 11.9 Å². The molecule has 1 N–H and O–H groups in total. The van der Waals surface area contributed by atoms with Crippen LogP contribution in [-0.2, 0) is 9.31 Å². The molecule has 2 rings (SSSR count). The van der Waals surface area contributed by atoms with Gasteiger partial charge in [0.15, 0.2) is 6.29 Å². The number of carbonyl (C=O) groups is 1. The van der Waals surface area contributed by atoms with Gasteiger partial charge in [0.25, 0.3) is 0 Å². The van der Waals surface area contributed by atoms with Crippen molar-refractivity contribution in [2.24, 2.45) is 0 Å². The standard InChI is InChI=1S/C14H21BN2O3S/c1-13(2)14(3,4)20-15(19-13)10(7-16-5)6-12-17-11(8-18)9-21-12/h6,8-9,16H,7H2,1-5H3. The van der Waals surface area contributed by atoms with E-state index in [2.05, 4.69) is 10.3 Å². The maximum atomic E-state index is 10.7. The van der Waals surface area contributed by atoms with Crippen LogP contribution in [0.4, 0.5) is 0 Å². The van der Waals surface area contributed by atoms with Gasteiger partial charge in [-0.15, -0.1) is 11.3 Å². The summed E-state index contributed by atoms with van der Waals surface area (Å²) in [5.41, 5.74) is 0.662. The van der Waals surface area contributed by atoms with E-state index in [1.54, 1.807) is 5.38 Å². The quantitative estimate of drug-likeness (QED) is 0.667. The van der Waals surface area contributed by atoms with Crippen LogP contribution in [0.5, 0.6) is 0 Å². The molecule has 7 heteroatoms. The van der Waals surface area contributed by atoms with Gasteiger partial charge in [-0.25, -0.2) is 4.98 Å². The summed E-state index contributed by atoms with van der Waals surface area (Å²) in [5, 5.41) is 5.63. The van der Waals surface area contributed by atoms with Crippen LogP contribution in [0, 0.1) is 0 Å². The normalized spacial score (nSPS) is 20.8. The van der Waals surface area contributed by atoms with Crippen molar-refractivity contribution in [2.45, 2.75) is 38.9 Å². The molecular weight excluding hydrogens is 287 g/mol. The fraction of sp³-hybridized carbons (Fsp3) is 0.571. The Morgan fingerprint density at radius 1 is 1.38 bits per heavy atom. The molecule has 1 aliphatic rings. The predicted molar refractivity (Wildman–Crippen MR) is 85.5 cm³/mol. The van der Waals surface area contributed by atoms with Crippen LogP contribution >= 0.6 is 11.3 Å². The van der Waals surface area contributed by atoms with E-state index >= 15 is 0 Å². The maximum absolute atomic E-state index is 10.7. The minimum Gasteiger partial charge on any atom is -0.400 e. The number of thiazole rings is 1. The zero-order valence-electron chi connectivity index (χ0n) is 13.1. The molecule has 0 atom stereocenters. The first-order valence-electron chi connectivity index (χ1n) is 6.90. The van der Waals surface area contributed by atoms with Crippen LogP contribution in [-0.4, -0.2) is 43.2 Å². The molecule has 1 aromatic rings. The second-order valence-electron chi connectivity index (χ2n) is 6.07. The van der Waals surface area contributed by atoms with Gasteiger partial charge in [-0.3, -0.25) is 4.79 Å². The topological polar surface area (TPSA) is 60.5 Å². The van der Waals surface area contributed by atoms with Crippen molar-refractivity contribution >= 4 is 30.8 Å². The lowest BCUT2D eigenvalue weighted by molar-refractivity contribution is 0.00578. The number of aromatic nitrogens is 1. The van der Waals surface area contributed by atoms with Gasteiger partial charge in [0.05, 0.1) is 11.2 Å². The molecule has 21 heavy (non-hydrogen) atoms. The van der Waals surface area contributed by atoms with E-state index < -0.39 is 7.12 Å². The van der Waals surface area contributed by atoms with Gasteiger partial charge in [0.1, 0.15) is 10.7 Å². The van der Waals surface area contributed by atoms with Crippen molar-refractivity contribution in [1.82, 2.24) is 10.3 Å². The molecule has 0 bridgehead atoms. The smallest absolute Gasteiger partial charge is 0.400 e. The van der Waals surface area contributed by atoms with Crippen LogP contribution in [0.2, 0.25) is 0 Å². The Bertz CT molecular complexity index is 538. The van der Waals surface area contributed by atoms with Gasteiger partial charge in [-0.1, -0.05) is 0 Å². The third-order valence-corrected chi connectivity index (χ3v) is 4.72. The third-order valence-electron chi connectivity index (χ3n) is 3.91. The molecule has 1 saturated heterocycles. The lowest BCUT2D eigenvalue weighted by atomic mass is 9.78. The summed E-state index contributed by atoms with van der Waals surface area (Å²) in [6, 6.07) is 0. The van der Waals surface area contributed by atoms with Crippen molar-refractivity contribution in [1.29, 1.82) is 0 Å². The van der Waals surface area contributed by atoms with E-state index in [4.69, 9.17) is 9.31 Å². The highest BCUT2D eigenvalue weighted by Gasteiger charge is 2.52. The summed E-state index contributed by atoms with van der Waals surface area (Å²) in [4.78, 5) is 14.9. The Morgan fingerprint density at radius 2 is 2.00 bits per heavy atom. The second-order valence-corrected chi connectivity index (χ2v) is 6.96. The number of aldehydes is 1. The highest BCUT2D eigenvalue weighted by atomic mass is 32.1. The van der Waals surface area contributed by atoms with E-state index in [1.807, 2.05) is 40.8 Å². The Labute approximate surface area is 129 Å². The average molecular weight is 308 g/mol. The van der Waals surface area contributed by atoms with Gasteiger partial charge in [0.2, 0.25) is 0 Å². The number of hydrogen-bond donors (Lipinski definition) is 1. The summed E-state index contributed by atoms with van der Waals surface area (Å²) in [6.07, 6.45) is 2.68. The van der Waals surface area contributed by atoms with E-state index in [9.17, 15) is 4.79 Å². The van der Waals surface area contributed by atoms with Crippen LogP contribution in [0.3, 0.4) is 0 Å². The molecule has 2 heterocycles. The van der Waals surface area contributed by atoms with Gasteiger partial charge >= 0.3 is 7.12 Å². The fourth-order valence-corrected chi connectivity index (χ4v) is 2.71. The van der Waals surface area contributed by atoms with Crippen molar-refractivity contribution in [3.8, 4) is 0 Å². The summed E-state index contributed by atoms with van der Waals surface area (Å²) in [5.74, 6) is 0. The van der Waals surface area contributed by atoms with Gasteiger partial charge in [-0.05, 0) is 46.3 Å². The third kappa shape index (κ3) is 3.43. The Hall–Kier alpha value is -1.02. The number of likely N-dealkylation sites (N-methyl/N-ethyl adjacent to an activating group) is 1. The summed E-state index contributed by atoms with van der Waals surface area (Å²) in [6.45, 7) is 8.73. The molecule has 5 nitrogen and oxygen atoms in total. The minimum absolute atomic E-state index is 0.374. The molecule has 1 aromatic heterocycles. The first-order chi connectivity index (χ1) is 9.79. The van der Waals surface area contributed by atoms with Crippen molar-refractivity contribution in [2.75, 3.05) is 13.6 Å². The van der Waals surface area contributed by atoms with Gasteiger partial charge in [-0.2, -0.15) is 0 Å². The second kappa shape index (κ2) is 6.00. The van der Waals surface area contributed by atoms with Crippen LogP contribution in [0.15, 0.2) is 10.9 Å². The van der Waals surface area contributed by atoms with Crippen LogP contribution in [0.1, 0.15) is 43.2 Å². The first kappa shape index (κ1) is 16.4. The minimum atomic E-state index is -0.411. The molecule has 0 spiro atoms. The van der Waals surface area contributed by atoms with Crippen LogP contribution in [0.25, 0.3) is 6.08 Å². The maximum Gasteiger partial charge on any atom is 0.491 e. The number of hydrogen-bond acceptors (Lipinski definition) is 6. The van der Waals surface area contributed by atoms with Crippen molar-refractivity contribution < 1.29 is 14.1 Å². The summed E-state index contributed by atoms with van der Waals surface area (Å²) >= 11 is 1.43. The molecule has 1 fully saturated rings. The SMILES string of the molecule is CNCC(=Cc1nc(C=O)cs1)B1OC(C)(C)C(C)(C)O1. The summed E-state index contributed by atoms with van der Waals surface area (Å²) < 4.78 is 12.1. The Kier molecular flexibility index (Phi) is 4.68. The van der Waals surface area contributed by atoms with E-state index in [1.165, 1.54) is 11.3 Å². The lowest BCUT2D eigenvalue weighted by Crippen LogP contribution is -2.41. The fourth-order valence-electron chi connectivity index (χ4n) is 1.98. The van der Waals surface area contributed by atoms with Gasteiger partial charge < -0.3 is 14.6 Å². The summed E-state index contributed by atoms with van der Waals surface area (Å²) in [7, 11) is 1.46. The van der Waals surface area contributed by atoms with E-state index in [0.717, 1.165) is 16.8 Å². The Balaban J connectivity index is 2.26. The monoisotopic (exact) mass is 308 g/mol. The van der Waals surface area contributed by atoms with E-state index in [0.29, 0.717) is 12.2 Å². The van der Waals surface area contributed by atoms with E-state index in [-0.39, 0.29) is 11.2 Å².